The third-order valence-electron chi connectivity index (χ3n) is 4.01. The number of aryl methyl sites for hydroxylation is 1. The molecule has 2 aromatic rings. The molecule has 0 bridgehead atoms. The van der Waals surface area contributed by atoms with Crippen LogP contribution in [0.2, 0.25) is 0 Å². The van der Waals surface area contributed by atoms with Gasteiger partial charge in [0.15, 0.2) is 0 Å². The number of Topliss-reactive ketones (excluding diaryl/α,β-unsaturated/α-hetero) is 1. The van der Waals surface area contributed by atoms with Crippen molar-refractivity contribution in [1.82, 2.24) is 9.99 Å². The lowest BCUT2D eigenvalue weighted by Crippen LogP contribution is -2.30. The topological polar surface area (TPSA) is 77.1 Å². The van der Waals surface area contributed by atoms with Gasteiger partial charge in [0.05, 0.1) is 11.1 Å². The Morgan fingerprint density at radius 1 is 1.40 bits per heavy atom. The Balaban J connectivity index is 2.36. The number of nitrogens with two attached hydrogens (primary N) is 1. The van der Waals surface area contributed by atoms with Crippen molar-refractivity contribution >= 4 is 22.6 Å². The minimum Gasteiger partial charge on any atom is -0.344 e. The van der Waals surface area contributed by atoms with E-state index in [0.29, 0.717) is 18.4 Å². The molecule has 0 aliphatic heterocycles. The van der Waals surface area contributed by atoms with Gasteiger partial charge in [-0.25, -0.2) is 5.84 Å². The molecule has 0 unspecified atom stereocenters. The first-order valence-corrected chi connectivity index (χ1v) is 6.83. The molecule has 1 aliphatic rings. The Bertz CT molecular complexity index is 715. The Labute approximate surface area is 116 Å². The minimum absolute atomic E-state index is 0.265. The lowest BCUT2D eigenvalue weighted by Gasteiger charge is -2.14. The van der Waals surface area contributed by atoms with Gasteiger partial charge in [-0.15, -0.1) is 0 Å². The van der Waals surface area contributed by atoms with Gasteiger partial charge in [-0.2, -0.15) is 0 Å². The van der Waals surface area contributed by atoms with Crippen LogP contribution in [0.3, 0.4) is 0 Å². The number of aromatic nitrogens is 1. The highest BCUT2D eigenvalue weighted by Crippen LogP contribution is 2.33. The Hall–Kier alpha value is -2.14. The maximum Gasteiger partial charge on any atom is 0.267 e. The van der Waals surface area contributed by atoms with Gasteiger partial charge in [-0.3, -0.25) is 15.0 Å². The predicted molar refractivity (Wildman–Crippen MR) is 76.3 cm³/mol. The summed E-state index contributed by atoms with van der Waals surface area (Å²) in [5.41, 5.74) is 5.90. The number of hydrogen-bond acceptors (Lipinski definition) is 3. The van der Waals surface area contributed by atoms with Crippen molar-refractivity contribution in [3.63, 3.8) is 0 Å². The monoisotopic (exact) mass is 271 g/mol. The summed E-state index contributed by atoms with van der Waals surface area (Å²) in [6.45, 7) is 2.82. The first kappa shape index (κ1) is 12.9. The second-order valence-corrected chi connectivity index (χ2v) is 5.06. The molecule has 0 saturated carbocycles. The fraction of sp³-hybridized carbons (Fsp3) is 0.333. The number of carbonyl (C=O) groups is 2. The van der Waals surface area contributed by atoms with Gasteiger partial charge in [0.2, 0.25) is 0 Å². The molecular weight excluding hydrogens is 254 g/mol. The highest BCUT2D eigenvalue weighted by molar-refractivity contribution is 6.07. The van der Waals surface area contributed by atoms with E-state index in [1.807, 2.05) is 19.1 Å². The molecule has 20 heavy (non-hydrogen) atoms. The molecular formula is C15H17N3O2. The molecule has 3 rings (SSSR count). The molecule has 5 heteroatoms. The van der Waals surface area contributed by atoms with Crippen molar-refractivity contribution in [1.29, 1.82) is 0 Å². The van der Waals surface area contributed by atoms with Crippen LogP contribution < -0.4 is 11.3 Å². The van der Waals surface area contributed by atoms with Crippen LogP contribution >= 0.6 is 0 Å². The number of amides is 1. The number of para-hydroxylation sites is 1. The normalized spacial score (nSPS) is 14.4. The number of nitrogens with one attached hydrogen (secondary N) is 1. The van der Waals surface area contributed by atoms with Gasteiger partial charge < -0.3 is 4.57 Å². The van der Waals surface area contributed by atoms with Crippen LogP contribution in [-0.2, 0) is 24.2 Å². The van der Waals surface area contributed by atoms with E-state index in [-0.39, 0.29) is 11.7 Å². The van der Waals surface area contributed by atoms with Crippen LogP contribution in [0.25, 0.3) is 10.9 Å². The Kier molecular flexibility index (Phi) is 3.06. The summed E-state index contributed by atoms with van der Waals surface area (Å²) in [7, 11) is 0. The Morgan fingerprint density at radius 2 is 2.20 bits per heavy atom. The Morgan fingerprint density at radius 3 is 2.90 bits per heavy atom. The smallest absolute Gasteiger partial charge is 0.267 e. The number of hydrazine groups is 1. The van der Waals surface area contributed by atoms with E-state index in [0.717, 1.165) is 29.4 Å². The molecule has 1 amide bonds. The van der Waals surface area contributed by atoms with Crippen LogP contribution in [0.5, 0.6) is 0 Å². The van der Waals surface area contributed by atoms with Gasteiger partial charge >= 0.3 is 0 Å². The van der Waals surface area contributed by atoms with E-state index >= 15 is 0 Å². The lowest BCUT2D eigenvalue weighted by molar-refractivity contribution is -0.118. The molecule has 0 spiro atoms. The number of carbonyl (C=O) groups excluding carboxylic acids is 2. The van der Waals surface area contributed by atoms with E-state index in [1.54, 1.807) is 6.07 Å². The second kappa shape index (κ2) is 4.76. The summed E-state index contributed by atoms with van der Waals surface area (Å²) in [5, 5.41) is 0.996. The van der Waals surface area contributed by atoms with Crippen LogP contribution in [-0.4, -0.2) is 16.3 Å². The third-order valence-corrected chi connectivity index (χ3v) is 4.01. The summed E-state index contributed by atoms with van der Waals surface area (Å²) in [5.74, 6) is 5.23. The van der Waals surface area contributed by atoms with Gasteiger partial charge in [-0.1, -0.05) is 12.1 Å². The maximum absolute atomic E-state index is 12.0. The van der Waals surface area contributed by atoms with E-state index in [4.69, 9.17) is 5.84 Å². The van der Waals surface area contributed by atoms with Crippen molar-refractivity contribution in [2.75, 3.05) is 0 Å². The van der Waals surface area contributed by atoms with Gasteiger partial charge in [0, 0.05) is 30.5 Å². The van der Waals surface area contributed by atoms with Gasteiger partial charge in [-0.05, 0) is 25.0 Å². The van der Waals surface area contributed by atoms with Crippen LogP contribution in [0.1, 0.15) is 35.0 Å². The summed E-state index contributed by atoms with van der Waals surface area (Å²) in [6.07, 6.45) is 1.80. The molecule has 3 N–H and O–H groups in total. The summed E-state index contributed by atoms with van der Waals surface area (Å²) in [6, 6.07) is 5.59. The molecule has 1 aliphatic carbocycles. The van der Waals surface area contributed by atoms with Gasteiger partial charge in [0.1, 0.15) is 5.78 Å². The quantitative estimate of drug-likeness (QED) is 0.491. The SMILES string of the molecule is CCn1c2c(c3cccc(C(=O)NN)c31)CC(=O)CC2. The summed E-state index contributed by atoms with van der Waals surface area (Å²) >= 11 is 0. The molecule has 0 radical (unpaired) electrons. The third kappa shape index (κ3) is 1.74. The van der Waals surface area contributed by atoms with E-state index in [2.05, 4.69) is 9.99 Å². The van der Waals surface area contributed by atoms with E-state index in [1.165, 1.54) is 5.69 Å². The van der Waals surface area contributed by atoms with Crippen molar-refractivity contribution in [2.24, 2.45) is 5.84 Å². The van der Waals surface area contributed by atoms with Crippen molar-refractivity contribution in [3.05, 3.63) is 35.0 Å². The van der Waals surface area contributed by atoms with Crippen molar-refractivity contribution in [2.45, 2.75) is 32.7 Å². The predicted octanol–water partition coefficient (Wildman–Crippen LogP) is 1.32. The summed E-state index contributed by atoms with van der Waals surface area (Å²) in [4.78, 5) is 23.7. The molecule has 5 nitrogen and oxygen atoms in total. The van der Waals surface area contributed by atoms with Crippen LogP contribution in [0, 0.1) is 0 Å². The number of nitrogens with zero attached hydrogens (tertiary/aromatic N) is 1. The highest BCUT2D eigenvalue weighted by Gasteiger charge is 2.25. The molecule has 1 aromatic carbocycles. The number of nitrogen functional groups attached to an aromatic ring is 1. The number of benzene rings is 1. The summed E-state index contributed by atoms with van der Waals surface area (Å²) < 4.78 is 2.14. The highest BCUT2D eigenvalue weighted by atomic mass is 16.2. The largest absolute Gasteiger partial charge is 0.344 e. The first-order chi connectivity index (χ1) is 9.67. The zero-order valence-electron chi connectivity index (χ0n) is 11.4. The van der Waals surface area contributed by atoms with Gasteiger partial charge in [0.25, 0.3) is 5.91 Å². The molecule has 0 saturated heterocycles. The number of rotatable bonds is 2. The lowest BCUT2D eigenvalue weighted by atomic mass is 9.94. The fourth-order valence-electron chi connectivity index (χ4n) is 3.17. The van der Waals surface area contributed by atoms with Crippen LogP contribution in [0.15, 0.2) is 18.2 Å². The average molecular weight is 271 g/mol. The van der Waals surface area contributed by atoms with Crippen molar-refractivity contribution in [3.8, 4) is 0 Å². The molecule has 1 heterocycles. The molecule has 1 aromatic heterocycles. The van der Waals surface area contributed by atoms with E-state index < -0.39 is 0 Å². The number of fused-ring (bicyclic) bond motifs is 3. The zero-order valence-corrected chi connectivity index (χ0v) is 11.4. The van der Waals surface area contributed by atoms with Crippen LogP contribution in [0.4, 0.5) is 0 Å². The standard InChI is InChI=1S/C15H17N3O2/c1-2-18-13-7-6-9(19)8-12(13)10-4-3-5-11(14(10)18)15(20)17-16/h3-5H,2,6-8,16H2,1H3,(H,17,20). The minimum atomic E-state index is -0.300. The second-order valence-electron chi connectivity index (χ2n) is 5.06. The van der Waals surface area contributed by atoms with E-state index in [9.17, 15) is 9.59 Å². The maximum atomic E-state index is 12.0. The first-order valence-electron chi connectivity index (χ1n) is 6.83. The number of ketones is 1. The molecule has 0 fully saturated rings. The van der Waals surface area contributed by atoms with Crippen molar-refractivity contribution < 1.29 is 9.59 Å². The molecule has 0 atom stereocenters. The zero-order chi connectivity index (χ0) is 14.3. The average Bonchev–Trinajstić information content (AvgIpc) is 2.79. The number of hydrogen-bond donors (Lipinski definition) is 2. The fourth-order valence-corrected chi connectivity index (χ4v) is 3.17. The molecule has 104 valence electrons.